The number of aryl methyl sites for hydroxylation is 1. The van der Waals surface area contributed by atoms with Crippen LogP contribution in [0.4, 0.5) is 0 Å². The average molecular weight is 268 g/mol. The zero-order valence-electron chi connectivity index (χ0n) is 11.2. The highest BCUT2D eigenvalue weighted by molar-refractivity contribution is 6.32. The molecule has 0 spiro atoms. The molecule has 2 rings (SSSR count). The largest absolute Gasteiger partial charge is 0.491 e. The first-order chi connectivity index (χ1) is 8.60. The number of hydrogen-bond donors (Lipinski definition) is 1. The van der Waals surface area contributed by atoms with Gasteiger partial charge in [0.2, 0.25) is 0 Å². The van der Waals surface area contributed by atoms with Gasteiger partial charge in [-0.2, -0.15) is 0 Å². The van der Waals surface area contributed by atoms with Crippen molar-refractivity contribution < 1.29 is 4.74 Å². The molecule has 0 bridgehead atoms. The molecule has 100 valence electrons. The second-order valence-electron chi connectivity index (χ2n) is 5.36. The normalized spacial score (nSPS) is 16.7. The van der Waals surface area contributed by atoms with Gasteiger partial charge in [-0.25, -0.2) is 0 Å². The highest BCUT2D eigenvalue weighted by Crippen LogP contribution is 2.35. The summed E-state index contributed by atoms with van der Waals surface area (Å²) in [6.45, 7) is 4.95. The third-order valence-electron chi connectivity index (χ3n) is 3.28. The predicted molar refractivity (Wildman–Crippen MR) is 76.4 cm³/mol. The van der Waals surface area contributed by atoms with E-state index in [0.29, 0.717) is 0 Å². The van der Waals surface area contributed by atoms with Gasteiger partial charge in [0, 0.05) is 6.04 Å². The lowest BCUT2D eigenvalue weighted by molar-refractivity contribution is 0.297. The van der Waals surface area contributed by atoms with Crippen LogP contribution in [0.5, 0.6) is 5.75 Å². The molecule has 0 radical (unpaired) electrons. The van der Waals surface area contributed by atoms with Crippen molar-refractivity contribution in [2.24, 2.45) is 11.7 Å². The van der Waals surface area contributed by atoms with Crippen molar-refractivity contribution in [1.29, 1.82) is 0 Å². The van der Waals surface area contributed by atoms with E-state index in [0.717, 1.165) is 36.1 Å². The van der Waals surface area contributed by atoms with E-state index in [2.05, 4.69) is 13.0 Å². The predicted octanol–water partition coefficient (Wildman–Crippen LogP) is 3.58. The molecule has 1 fully saturated rings. The Kier molecular flexibility index (Phi) is 4.52. The zero-order valence-corrected chi connectivity index (χ0v) is 12.0. The van der Waals surface area contributed by atoms with Gasteiger partial charge in [0.25, 0.3) is 0 Å². The number of halogens is 1. The van der Waals surface area contributed by atoms with Crippen LogP contribution in [-0.4, -0.2) is 12.6 Å². The van der Waals surface area contributed by atoms with Crippen LogP contribution in [-0.2, 0) is 12.8 Å². The first-order valence-corrected chi connectivity index (χ1v) is 7.17. The van der Waals surface area contributed by atoms with Crippen LogP contribution in [0.1, 0.15) is 37.8 Å². The summed E-state index contributed by atoms with van der Waals surface area (Å²) >= 11 is 6.33. The summed E-state index contributed by atoms with van der Waals surface area (Å²) < 4.78 is 5.88. The lowest BCUT2D eigenvalue weighted by atomic mass is 10.0. The molecule has 2 nitrogen and oxygen atoms in total. The fraction of sp³-hybridized carbons (Fsp3) is 0.600. The first-order valence-electron chi connectivity index (χ1n) is 6.79. The third kappa shape index (κ3) is 3.63. The zero-order chi connectivity index (χ0) is 13.1. The molecule has 1 atom stereocenters. The number of nitrogens with two attached hydrogens (primary N) is 1. The maximum absolute atomic E-state index is 6.33. The van der Waals surface area contributed by atoms with Gasteiger partial charge in [0.15, 0.2) is 0 Å². The van der Waals surface area contributed by atoms with E-state index in [-0.39, 0.29) is 6.04 Å². The second-order valence-corrected chi connectivity index (χ2v) is 5.76. The number of ether oxygens (including phenoxy) is 1. The Morgan fingerprint density at radius 3 is 2.72 bits per heavy atom. The Labute approximate surface area is 114 Å². The molecule has 0 amide bonds. The second kappa shape index (κ2) is 5.94. The summed E-state index contributed by atoms with van der Waals surface area (Å²) in [4.78, 5) is 0. The molecule has 1 aromatic rings. The van der Waals surface area contributed by atoms with Gasteiger partial charge in [-0.1, -0.05) is 24.6 Å². The minimum Gasteiger partial charge on any atom is -0.491 e. The molecule has 1 aliphatic carbocycles. The van der Waals surface area contributed by atoms with Crippen molar-refractivity contribution >= 4 is 11.6 Å². The van der Waals surface area contributed by atoms with Crippen LogP contribution in [0.2, 0.25) is 5.02 Å². The van der Waals surface area contributed by atoms with E-state index in [1.807, 2.05) is 13.0 Å². The lowest BCUT2D eigenvalue weighted by Crippen LogP contribution is -2.18. The van der Waals surface area contributed by atoms with Gasteiger partial charge >= 0.3 is 0 Å². The highest BCUT2D eigenvalue weighted by Gasteiger charge is 2.23. The Balaban J connectivity index is 2.16. The Morgan fingerprint density at radius 2 is 2.17 bits per heavy atom. The molecule has 3 heteroatoms. The maximum atomic E-state index is 6.33. The van der Waals surface area contributed by atoms with E-state index < -0.39 is 0 Å². The molecule has 1 unspecified atom stereocenters. The quantitative estimate of drug-likeness (QED) is 0.855. The monoisotopic (exact) mass is 267 g/mol. The van der Waals surface area contributed by atoms with E-state index >= 15 is 0 Å². The smallest absolute Gasteiger partial charge is 0.141 e. The van der Waals surface area contributed by atoms with E-state index in [4.69, 9.17) is 22.1 Å². The molecular formula is C15H22ClNO. The van der Waals surface area contributed by atoms with Crippen LogP contribution in [0, 0.1) is 5.92 Å². The van der Waals surface area contributed by atoms with E-state index in [1.165, 1.54) is 24.0 Å². The SMILES string of the molecule is CCc1cc(CC(C)N)cc(Cl)c1OCC1CC1. The van der Waals surface area contributed by atoms with Gasteiger partial charge in [-0.15, -0.1) is 0 Å². The minimum atomic E-state index is 0.156. The first kappa shape index (κ1) is 13.7. The van der Waals surface area contributed by atoms with Crippen LogP contribution >= 0.6 is 11.6 Å². The van der Waals surface area contributed by atoms with Crippen LogP contribution in [0.25, 0.3) is 0 Å². The standard InChI is InChI=1S/C15H22ClNO/c1-3-13-7-12(6-10(2)17)8-14(16)15(13)18-9-11-4-5-11/h7-8,10-11H,3-6,9,17H2,1-2H3. The topological polar surface area (TPSA) is 35.2 Å². The molecular weight excluding hydrogens is 246 g/mol. The van der Waals surface area contributed by atoms with Gasteiger partial charge in [-0.05, 0) is 55.7 Å². The molecule has 1 aromatic carbocycles. The van der Waals surface area contributed by atoms with Gasteiger partial charge in [0.05, 0.1) is 11.6 Å². The summed E-state index contributed by atoms with van der Waals surface area (Å²) in [7, 11) is 0. The highest BCUT2D eigenvalue weighted by atomic mass is 35.5. The molecule has 18 heavy (non-hydrogen) atoms. The summed E-state index contributed by atoms with van der Waals surface area (Å²) in [5.41, 5.74) is 8.23. The van der Waals surface area contributed by atoms with Crippen LogP contribution in [0.15, 0.2) is 12.1 Å². The number of rotatable bonds is 6. The Hall–Kier alpha value is -0.730. The summed E-state index contributed by atoms with van der Waals surface area (Å²) in [5.74, 6) is 1.62. The average Bonchev–Trinajstić information content (AvgIpc) is 3.10. The Bertz CT molecular complexity index is 413. The van der Waals surface area contributed by atoms with Gasteiger partial charge < -0.3 is 10.5 Å². The van der Waals surface area contributed by atoms with E-state index in [9.17, 15) is 0 Å². The van der Waals surface area contributed by atoms with Crippen molar-refractivity contribution in [3.63, 3.8) is 0 Å². The summed E-state index contributed by atoms with van der Waals surface area (Å²) in [6.07, 6.45) is 4.38. The van der Waals surface area contributed by atoms with Crippen molar-refractivity contribution in [2.75, 3.05) is 6.61 Å². The van der Waals surface area contributed by atoms with Crippen molar-refractivity contribution in [3.8, 4) is 5.75 Å². The summed E-state index contributed by atoms with van der Waals surface area (Å²) in [5, 5.41) is 0.727. The molecule has 2 N–H and O–H groups in total. The molecule has 0 aliphatic heterocycles. The molecule has 0 saturated heterocycles. The molecule has 0 aromatic heterocycles. The van der Waals surface area contributed by atoms with Gasteiger partial charge in [0.1, 0.15) is 5.75 Å². The van der Waals surface area contributed by atoms with Crippen molar-refractivity contribution in [2.45, 2.75) is 45.6 Å². The van der Waals surface area contributed by atoms with Crippen LogP contribution < -0.4 is 10.5 Å². The van der Waals surface area contributed by atoms with E-state index in [1.54, 1.807) is 0 Å². The molecule has 1 aliphatic rings. The van der Waals surface area contributed by atoms with Crippen LogP contribution in [0.3, 0.4) is 0 Å². The molecule has 1 saturated carbocycles. The Morgan fingerprint density at radius 1 is 1.44 bits per heavy atom. The van der Waals surface area contributed by atoms with Gasteiger partial charge in [-0.3, -0.25) is 0 Å². The fourth-order valence-corrected chi connectivity index (χ4v) is 2.43. The fourth-order valence-electron chi connectivity index (χ4n) is 2.11. The summed E-state index contributed by atoms with van der Waals surface area (Å²) in [6, 6.07) is 4.33. The minimum absolute atomic E-state index is 0.156. The maximum Gasteiger partial charge on any atom is 0.141 e. The lowest BCUT2D eigenvalue weighted by Gasteiger charge is -2.15. The third-order valence-corrected chi connectivity index (χ3v) is 3.56. The van der Waals surface area contributed by atoms with Crippen molar-refractivity contribution in [1.82, 2.24) is 0 Å². The van der Waals surface area contributed by atoms with Crippen molar-refractivity contribution in [3.05, 3.63) is 28.3 Å². The number of benzene rings is 1. The molecule has 0 heterocycles. The number of hydrogen-bond acceptors (Lipinski definition) is 2.